The summed E-state index contributed by atoms with van der Waals surface area (Å²) in [7, 11) is -4.31. The predicted octanol–water partition coefficient (Wildman–Crippen LogP) is 5.03. The largest absolute Gasteiger partial charge is 0.493 e. The minimum absolute atomic E-state index is 0.0126. The van der Waals surface area contributed by atoms with E-state index in [1.807, 2.05) is 13.8 Å². The minimum Gasteiger partial charge on any atom is -0.493 e. The Labute approximate surface area is 235 Å². The Kier molecular flexibility index (Phi) is 8.34. The van der Waals surface area contributed by atoms with Gasteiger partial charge in [0.05, 0.1) is 17.9 Å². The number of rotatable bonds is 9. The number of ether oxygens (including phenoxy) is 1. The summed E-state index contributed by atoms with van der Waals surface area (Å²) in [6.07, 6.45) is 1.65. The van der Waals surface area contributed by atoms with E-state index in [-0.39, 0.29) is 27.9 Å². The van der Waals surface area contributed by atoms with Crippen molar-refractivity contribution in [3.05, 3.63) is 59.9 Å². The lowest BCUT2D eigenvalue weighted by Crippen LogP contribution is -2.43. The van der Waals surface area contributed by atoms with Crippen molar-refractivity contribution < 1.29 is 22.3 Å². The summed E-state index contributed by atoms with van der Waals surface area (Å²) in [6, 6.07) is 11.6. The molecule has 0 spiro atoms. The van der Waals surface area contributed by atoms with Crippen molar-refractivity contribution in [2.45, 2.75) is 58.0 Å². The standard InChI is InChI=1S/C29H36FN5O4S/c1-6-29(5)15-19(4)16-35(29)27-23(28(36)34-40(37,38)26-9-7-8-25(31)33-26)10-11-24(32-27)20-12-21(30)14-22(13-20)39-17-18(2)3/h7-14,18-19H,6,15-17H2,1-5H3,(H2,31,33)(H,34,36)/t19-,29+/m0/s1. The van der Waals surface area contributed by atoms with Crippen LogP contribution in [0.5, 0.6) is 5.75 Å². The molecule has 0 radical (unpaired) electrons. The van der Waals surface area contributed by atoms with E-state index in [1.165, 1.54) is 36.4 Å². The van der Waals surface area contributed by atoms with Crippen LogP contribution >= 0.6 is 0 Å². The highest BCUT2D eigenvalue weighted by atomic mass is 32.2. The Morgan fingerprint density at radius 1 is 1.23 bits per heavy atom. The van der Waals surface area contributed by atoms with Gasteiger partial charge in [-0.2, -0.15) is 8.42 Å². The zero-order chi connectivity index (χ0) is 29.2. The number of amides is 1. The number of carbonyl (C=O) groups excluding carboxylic acids is 1. The number of nitrogen functional groups attached to an aromatic ring is 1. The van der Waals surface area contributed by atoms with Crippen LogP contribution in [0.2, 0.25) is 0 Å². The van der Waals surface area contributed by atoms with Gasteiger partial charge in [-0.05, 0) is 68.0 Å². The van der Waals surface area contributed by atoms with Gasteiger partial charge in [0.25, 0.3) is 15.9 Å². The molecule has 40 heavy (non-hydrogen) atoms. The number of carbonyl (C=O) groups is 1. The minimum atomic E-state index is -4.31. The predicted molar refractivity (Wildman–Crippen MR) is 153 cm³/mol. The van der Waals surface area contributed by atoms with E-state index in [1.54, 1.807) is 12.1 Å². The SMILES string of the molecule is CC[C@]1(C)C[C@H](C)CN1c1nc(-c2cc(F)cc(OCC(C)C)c2)ccc1C(=O)NS(=O)(=O)c1cccc(N)n1. The zero-order valence-corrected chi connectivity index (χ0v) is 24.3. The molecule has 3 aromatic rings. The van der Waals surface area contributed by atoms with Crippen LogP contribution in [0.1, 0.15) is 57.8 Å². The number of nitrogens with two attached hydrogens (primary N) is 1. The molecular formula is C29H36FN5O4S. The van der Waals surface area contributed by atoms with Crippen molar-refractivity contribution in [2.75, 3.05) is 23.8 Å². The Bertz CT molecular complexity index is 1510. The van der Waals surface area contributed by atoms with Crippen molar-refractivity contribution in [1.82, 2.24) is 14.7 Å². The molecule has 4 rings (SSSR count). The van der Waals surface area contributed by atoms with Crippen LogP contribution < -0.4 is 20.1 Å². The lowest BCUT2D eigenvalue weighted by atomic mass is 9.92. The second-order valence-electron chi connectivity index (χ2n) is 11.1. The number of pyridine rings is 2. The van der Waals surface area contributed by atoms with E-state index < -0.39 is 21.7 Å². The first-order valence-electron chi connectivity index (χ1n) is 13.3. The lowest BCUT2D eigenvalue weighted by Gasteiger charge is -2.36. The van der Waals surface area contributed by atoms with Crippen LogP contribution in [-0.4, -0.2) is 43.0 Å². The molecule has 2 atom stereocenters. The number of nitrogens with zero attached hydrogens (tertiary/aromatic N) is 3. The summed E-state index contributed by atoms with van der Waals surface area (Å²) in [6.45, 7) is 11.3. The first-order chi connectivity index (χ1) is 18.8. The molecule has 1 amide bonds. The molecule has 214 valence electrons. The zero-order valence-electron chi connectivity index (χ0n) is 23.4. The third-order valence-corrected chi connectivity index (χ3v) is 8.30. The van der Waals surface area contributed by atoms with Crippen molar-refractivity contribution >= 4 is 27.6 Å². The smallest absolute Gasteiger partial charge is 0.281 e. The molecule has 3 N–H and O–H groups in total. The van der Waals surface area contributed by atoms with Gasteiger partial charge >= 0.3 is 0 Å². The summed E-state index contributed by atoms with van der Waals surface area (Å²) < 4.78 is 48.4. The van der Waals surface area contributed by atoms with Gasteiger partial charge < -0.3 is 15.4 Å². The molecule has 9 nitrogen and oxygen atoms in total. The van der Waals surface area contributed by atoms with Gasteiger partial charge in [-0.25, -0.2) is 19.1 Å². The fraction of sp³-hybridized carbons (Fsp3) is 0.414. The third kappa shape index (κ3) is 6.35. The molecule has 3 heterocycles. The summed E-state index contributed by atoms with van der Waals surface area (Å²) in [5, 5.41) is -0.367. The quantitative estimate of drug-likeness (QED) is 0.367. The van der Waals surface area contributed by atoms with Gasteiger partial charge in [0.2, 0.25) is 0 Å². The summed E-state index contributed by atoms with van der Waals surface area (Å²) in [4.78, 5) is 24.2. The number of nitrogens with one attached hydrogen (secondary N) is 1. The van der Waals surface area contributed by atoms with Gasteiger partial charge in [-0.3, -0.25) is 4.79 Å². The van der Waals surface area contributed by atoms with E-state index in [4.69, 9.17) is 15.5 Å². The molecule has 0 saturated carbocycles. The number of sulfonamides is 1. The molecule has 0 bridgehead atoms. The molecule has 1 aliphatic heterocycles. The number of aromatic nitrogens is 2. The van der Waals surface area contributed by atoms with Crippen LogP contribution in [0, 0.1) is 17.7 Å². The maximum absolute atomic E-state index is 14.6. The van der Waals surface area contributed by atoms with Crippen LogP contribution in [0.25, 0.3) is 11.3 Å². The average Bonchev–Trinajstić information content (AvgIpc) is 3.20. The topological polar surface area (TPSA) is 128 Å². The maximum Gasteiger partial charge on any atom is 0.281 e. The Hall–Kier alpha value is -3.73. The van der Waals surface area contributed by atoms with Crippen molar-refractivity contribution in [1.29, 1.82) is 0 Å². The van der Waals surface area contributed by atoms with Gasteiger partial charge in [0.15, 0.2) is 5.03 Å². The fourth-order valence-electron chi connectivity index (χ4n) is 4.99. The molecule has 2 aromatic heterocycles. The van der Waals surface area contributed by atoms with Gasteiger partial charge in [0.1, 0.15) is 23.2 Å². The number of hydrogen-bond donors (Lipinski definition) is 2. The molecule has 1 aliphatic rings. The van der Waals surface area contributed by atoms with Crippen molar-refractivity contribution in [2.24, 2.45) is 11.8 Å². The molecule has 1 aromatic carbocycles. The highest BCUT2D eigenvalue weighted by Crippen LogP contribution is 2.40. The van der Waals surface area contributed by atoms with E-state index in [9.17, 15) is 17.6 Å². The molecular weight excluding hydrogens is 533 g/mol. The third-order valence-electron chi connectivity index (χ3n) is 7.07. The number of benzene rings is 1. The number of anilines is 2. The van der Waals surface area contributed by atoms with Gasteiger partial charge in [-0.15, -0.1) is 0 Å². The molecule has 0 unspecified atom stereocenters. The molecule has 0 aliphatic carbocycles. The second kappa shape index (κ2) is 11.4. The van der Waals surface area contributed by atoms with Crippen LogP contribution in [-0.2, 0) is 10.0 Å². The highest BCUT2D eigenvalue weighted by molar-refractivity contribution is 7.90. The molecule has 1 fully saturated rings. The lowest BCUT2D eigenvalue weighted by molar-refractivity contribution is 0.0981. The van der Waals surface area contributed by atoms with Crippen LogP contribution in [0.4, 0.5) is 16.0 Å². The van der Waals surface area contributed by atoms with Crippen LogP contribution in [0.15, 0.2) is 53.6 Å². The molecule has 1 saturated heterocycles. The molecule has 11 heteroatoms. The Balaban J connectivity index is 1.79. The van der Waals surface area contributed by atoms with Crippen LogP contribution in [0.3, 0.4) is 0 Å². The van der Waals surface area contributed by atoms with Gasteiger partial charge in [-0.1, -0.05) is 33.8 Å². The van der Waals surface area contributed by atoms with E-state index in [2.05, 4.69) is 35.4 Å². The number of hydrogen-bond acceptors (Lipinski definition) is 8. The summed E-state index contributed by atoms with van der Waals surface area (Å²) in [5.74, 6) is -0.0322. The first-order valence-corrected chi connectivity index (χ1v) is 14.8. The normalized spacial score (nSPS) is 19.2. The summed E-state index contributed by atoms with van der Waals surface area (Å²) >= 11 is 0. The Morgan fingerprint density at radius 2 is 1.98 bits per heavy atom. The van der Waals surface area contributed by atoms with Crippen molar-refractivity contribution in [3.8, 4) is 17.0 Å². The van der Waals surface area contributed by atoms with E-state index >= 15 is 0 Å². The van der Waals surface area contributed by atoms with Crippen molar-refractivity contribution in [3.63, 3.8) is 0 Å². The maximum atomic E-state index is 14.6. The Morgan fingerprint density at radius 3 is 2.65 bits per heavy atom. The van der Waals surface area contributed by atoms with Gasteiger partial charge in [0, 0.05) is 23.7 Å². The average molecular weight is 570 g/mol. The number of halogens is 1. The second-order valence-corrected chi connectivity index (χ2v) is 12.7. The first kappa shape index (κ1) is 29.3. The van der Waals surface area contributed by atoms with E-state index in [0.717, 1.165) is 12.8 Å². The monoisotopic (exact) mass is 569 g/mol. The fourth-order valence-corrected chi connectivity index (χ4v) is 5.94. The van der Waals surface area contributed by atoms with E-state index in [0.29, 0.717) is 41.9 Å². The summed E-state index contributed by atoms with van der Waals surface area (Å²) in [5.41, 5.74) is 6.32. The highest BCUT2D eigenvalue weighted by Gasteiger charge is 2.41.